The summed E-state index contributed by atoms with van der Waals surface area (Å²) in [5.74, 6) is -0.884. The highest BCUT2D eigenvalue weighted by molar-refractivity contribution is 7.52. The highest BCUT2D eigenvalue weighted by atomic mass is 31.2. The number of likely N-dealkylation sites (N-methyl/N-ethyl adjacent to an activating group) is 1. The molecule has 0 radical (unpaired) electrons. The molecule has 0 amide bonds. The first-order valence-electron chi connectivity index (χ1n) is 14.9. The fourth-order valence-corrected chi connectivity index (χ4v) is 4.97. The van der Waals surface area contributed by atoms with E-state index < -0.39 is 26.0 Å². The number of aryl methyl sites for hydroxylation is 2. The molecule has 0 aliphatic heterocycles. The van der Waals surface area contributed by atoms with E-state index in [1.165, 1.54) is 19.1 Å². The number of nitrogens with two attached hydrogens (primary N) is 1. The molecule has 0 saturated heterocycles. The van der Waals surface area contributed by atoms with Crippen LogP contribution in [0.2, 0.25) is 0 Å². The highest BCUT2D eigenvalue weighted by Gasteiger charge is 2.26. The lowest BCUT2D eigenvalue weighted by Crippen LogP contribution is -2.38. The number of guanidine groups is 1. The fourth-order valence-electron chi connectivity index (χ4n) is 3.66. The molecule has 14 nitrogen and oxygen atoms in total. The van der Waals surface area contributed by atoms with E-state index in [1.54, 1.807) is 0 Å². The van der Waals surface area contributed by atoms with Crippen molar-refractivity contribution in [1.29, 1.82) is 0 Å². The molecule has 2 aromatic carbocycles. The van der Waals surface area contributed by atoms with Gasteiger partial charge in [-0.05, 0) is 36.8 Å². The number of ether oxygens (including phenoxy) is 5. The monoisotopic (exact) mass is 665 g/mol. The Morgan fingerprint density at radius 1 is 0.696 bits per heavy atom. The summed E-state index contributed by atoms with van der Waals surface area (Å²) in [4.78, 5) is 36.5. The van der Waals surface area contributed by atoms with E-state index in [0.29, 0.717) is 12.8 Å². The summed E-state index contributed by atoms with van der Waals surface area (Å²) in [6.45, 7) is -0.315. The van der Waals surface area contributed by atoms with Crippen molar-refractivity contribution in [2.75, 3.05) is 60.3 Å². The van der Waals surface area contributed by atoms with E-state index >= 15 is 0 Å². The van der Waals surface area contributed by atoms with Gasteiger partial charge in [0.25, 0.3) is 0 Å². The largest absolute Gasteiger partial charge is 0.508 e. The number of nitrogens with zero attached hydrogens (tertiary/aromatic N) is 2. The van der Waals surface area contributed by atoms with E-state index in [4.69, 9.17) is 33.7 Å². The summed E-state index contributed by atoms with van der Waals surface area (Å²) in [5.41, 5.74) is 8.18. The molecular formula is C31H44N3O11P. The Morgan fingerprint density at radius 3 is 1.52 bits per heavy atom. The SMILES string of the molecule is COC(=O)CN(C)C(N)=NP(=O)(OCCCOC(=O)OCCCc1ccccc1)OCCCOC(=O)OCCCc1ccccc1. The third-order valence-electron chi connectivity index (χ3n) is 6.08. The quantitative estimate of drug-likeness (QED) is 0.0477. The maximum atomic E-state index is 13.3. The first-order chi connectivity index (χ1) is 22.2. The summed E-state index contributed by atoms with van der Waals surface area (Å²) in [7, 11) is -1.53. The third-order valence-corrected chi connectivity index (χ3v) is 7.55. The van der Waals surface area contributed by atoms with Gasteiger partial charge >= 0.3 is 26.0 Å². The number of esters is 1. The topological polar surface area (TPSA) is 175 Å². The van der Waals surface area contributed by atoms with Crippen molar-refractivity contribution < 1.29 is 51.7 Å². The number of hydrogen-bond donors (Lipinski definition) is 1. The molecule has 0 unspecified atom stereocenters. The van der Waals surface area contributed by atoms with Gasteiger partial charge in [0.05, 0.1) is 46.8 Å². The van der Waals surface area contributed by atoms with Crippen molar-refractivity contribution in [3.05, 3.63) is 71.8 Å². The smallest absolute Gasteiger partial charge is 0.468 e. The van der Waals surface area contributed by atoms with E-state index in [2.05, 4.69) is 9.50 Å². The number of carbonyl (C=O) groups excluding carboxylic acids is 3. The average molecular weight is 666 g/mol. The van der Waals surface area contributed by atoms with Crippen LogP contribution in [-0.2, 0) is 54.9 Å². The van der Waals surface area contributed by atoms with Gasteiger partial charge in [0, 0.05) is 19.9 Å². The molecule has 0 atom stereocenters. The fraction of sp³-hybridized carbons (Fsp3) is 0.484. The molecular weight excluding hydrogens is 621 g/mol. The standard InChI is InChI=1S/C31H44N3O11P/c1-34(25-28(35)39-2)29(32)33-46(38,44-23-11-21-42-30(36)40-19-9-17-26-13-5-3-6-14-26)45-24-12-22-43-31(37)41-20-10-18-27-15-7-4-8-16-27/h3-8,13-16H,9-12,17-25H2,1-2H3,(H2,32,33,38). The van der Waals surface area contributed by atoms with Gasteiger partial charge in [-0.3, -0.25) is 13.8 Å². The van der Waals surface area contributed by atoms with E-state index in [0.717, 1.165) is 24.0 Å². The molecule has 15 heteroatoms. The summed E-state index contributed by atoms with van der Waals surface area (Å²) >= 11 is 0. The Hall–Kier alpha value is -4.13. The summed E-state index contributed by atoms with van der Waals surface area (Å²) < 4.78 is 52.8. The second kappa shape index (κ2) is 22.4. The van der Waals surface area contributed by atoms with Crippen LogP contribution in [0.3, 0.4) is 0 Å². The molecule has 46 heavy (non-hydrogen) atoms. The van der Waals surface area contributed by atoms with Gasteiger partial charge in [0.1, 0.15) is 6.54 Å². The van der Waals surface area contributed by atoms with Crippen molar-refractivity contribution in [3.8, 4) is 0 Å². The molecule has 0 heterocycles. The van der Waals surface area contributed by atoms with Crippen molar-refractivity contribution >= 4 is 32.0 Å². The minimum Gasteiger partial charge on any atom is -0.468 e. The number of carbonyl (C=O) groups is 3. The Kier molecular flexibility index (Phi) is 18.5. The molecule has 0 spiro atoms. The number of benzene rings is 2. The number of rotatable bonds is 21. The Morgan fingerprint density at radius 2 is 1.11 bits per heavy atom. The summed E-state index contributed by atoms with van der Waals surface area (Å²) in [6.07, 6.45) is 1.48. The zero-order valence-electron chi connectivity index (χ0n) is 26.4. The zero-order chi connectivity index (χ0) is 33.5. The van der Waals surface area contributed by atoms with Gasteiger partial charge in [-0.15, -0.1) is 4.76 Å². The van der Waals surface area contributed by atoms with Crippen molar-refractivity contribution in [3.63, 3.8) is 0 Å². The Labute approximate surface area is 269 Å². The van der Waals surface area contributed by atoms with Crippen LogP contribution in [-0.4, -0.2) is 89.5 Å². The van der Waals surface area contributed by atoms with Gasteiger partial charge in [-0.2, -0.15) is 0 Å². The molecule has 0 saturated carbocycles. The van der Waals surface area contributed by atoms with Crippen molar-refractivity contribution in [2.24, 2.45) is 10.5 Å². The van der Waals surface area contributed by atoms with Crippen LogP contribution >= 0.6 is 7.75 Å². The van der Waals surface area contributed by atoms with E-state index in [9.17, 15) is 18.9 Å². The van der Waals surface area contributed by atoms with Crippen LogP contribution in [0, 0.1) is 0 Å². The van der Waals surface area contributed by atoms with Gasteiger partial charge in [-0.1, -0.05) is 60.7 Å². The van der Waals surface area contributed by atoms with Crippen LogP contribution in [0.25, 0.3) is 0 Å². The summed E-state index contributed by atoms with van der Waals surface area (Å²) in [6, 6.07) is 19.6. The highest BCUT2D eigenvalue weighted by Crippen LogP contribution is 2.50. The summed E-state index contributed by atoms with van der Waals surface area (Å²) in [5, 5.41) is 0. The molecule has 0 fully saturated rings. The minimum absolute atomic E-state index is 0.0692. The predicted octanol–water partition coefficient (Wildman–Crippen LogP) is 4.90. The number of hydrogen-bond acceptors (Lipinski definition) is 11. The molecule has 2 aromatic rings. The van der Waals surface area contributed by atoms with Gasteiger partial charge < -0.3 is 34.3 Å². The van der Waals surface area contributed by atoms with Crippen molar-refractivity contribution in [1.82, 2.24) is 4.90 Å². The zero-order valence-corrected chi connectivity index (χ0v) is 27.3. The minimum atomic E-state index is -4.19. The lowest BCUT2D eigenvalue weighted by molar-refractivity contribution is -0.140. The van der Waals surface area contributed by atoms with E-state index in [-0.39, 0.29) is 65.0 Å². The van der Waals surface area contributed by atoms with Crippen LogP contribution < -0.4 is 5.73 Å². The molecule has 2 rings (SSSR count). The van der Waals surface area contributed by atoms with Gasteiger partial charge in [0.2, 0.25) is 5.96 Å². The molecule has 2 N–H and O–H groups in total. The lowest BCUT2D eigenvalue weighted by Gasteiger charge is -2.19. The average Bonchev–Trinajstić information content (AvgIpc) is 3.05. The van der Waals surface area contributed by atoms with Crippen molar-refractivity contribution in [2.45, 2.75) is 38.5 Å². The van der Waals surface area contributed by atoms with Gasteiger partial charge in [0.15, 0.2) is 0 Å². The van der Waals surface area contributed by atoms with Crippen LogP contribution in [0.15, 0.2) is 65.4 Å². The van der Waals surface area contributed by atoms with Gasteiger partial charge in [-0.25, -0.2) is 14.2 Å². The molecule has 0 bridgehead atoms. The predicted molar refractivity (Wildman–Crippen MR) is 169 cm³/mol. The van der Waals surface area contributed by atoms with Crippen LogP contribution in [0.1, 0.15) is 36.8 Å². The Balaban J connectivity index is 1.71. The first kappa shape index (κ1) is 38.1. The maximum Gasteiger partial charge on any atom is 0.508 e. The maximum absolute atomic E-state index is 13.3. The van der Waals surface area contributed by atoms with E-state index in [1.807, 2.05) is 60.7 Å². The second-order valence-corrected chi connectivity index (χ2v) is 11.5. The second-order valence-electron chi connectivity index (χ2n) is 9.80. The third kappa shape index (κ3) is 17.4. The van der Waals surface area contributed by atoms with Crippen LogP contribution in [0.4, 0.5) is 9.59 Å². The lowest BCUT2D eigenvalue weighted by atomic mass is 10.1. The first-order valence-corrected chi connectivity index (χ1v) is 16.4. The Bertz CT molecular complexity index is 1180. The molecule has 0 aliphatic rings. The molecule has 0 aliphatic carbocycles. The normalized spacial score (nSPS) is 11.4. The molecule has 0 aromatic heterocycles. The molecule has 254 valence electrons. The van der Waals surface area contributed by atoms with Crippen LogP contribution in [0.5, 0.6) is 0 Å². The number of methoxy groups -OCH3 is 1.